The molecule has 1 heterocycles. The van der Waals surface area contributed by atoms with Crippen molar-refractivity contribution in [3.63, 3.8) is 0 Å². The summed E-state index contributed by atoms with van der Waals surface area (Å²) in [5, 5.41) is 10.8. The molecule has 8 nitrogen and oxygen atoms in total. The second-order valence-electron chi connectivity index (χ2n) is 4.43. The van der Waals surface area contributed by atoms with E-state index in [1.807, 2.05) is 6.92 Å². The van der Waals surface area contributed by atoms with Gasteiger partial charge in [0.15, 0.2) is 0 Å². The Morgan fingerprint density at radius 3 is 2.57 bits per heavy atom. The molecule has 116 valence electrons. The molecule has 1 aromatic rings. The number of aryl methyl sites for hydroxylation is 1. The molecule has 0 fully saturated rings. The predicted octanol–water partition coefficient (Wildman–Crippen LogP) is 1.44. The van der Waals surface area contributed by atoms with E-state index < -0.39 is 16.8 Å². The molecule has 0 aromatic carbocycles. The van der Waals surface area contributed by atoms with Crippen LogP contribution < -0.4 is 0 Å². The Kier molecular flexibility index (Phi) is 5.89. The molecule has 0 bridgehead atoms. The van der Waals surface area contributed by atoms with E-state index in [4.69, 9.17) is 0 Å². The van der Waals surface area contributed by atoms with Gasteiger partial charge in [-0.05, 0) is 13.3 Å². The Hall–Kier alpha value is -2.38. The minimum Gasteiger partial charge on any atom is -0.468 e. The zero-order valence-corrected chi connectivity index (χ0v) is 12.4. The molecule has 1 aromatic heterocycles. The molecule has 0 spiro atoms. The first kappa shape index (κ1) is 16.7. The lowest BCUT2D eigenvalue weighted by atomic mass is 10.3. The molecule has 0 N–H and O–H groups in total. The number of nitro groups is 1. The molecule has 8 heteroatoms. The molecule has 0 atom stereocenters. The normalized spacial score (nSPS) is 10.2. The van der Waals surface area contributed by atoms with Gasteiger partial charge >= 0.3 is 5.97 Å². The lowest BCUT2D eigenvalue weighted by Gasteiger charge is -2.21. The average molecular weight is 297 g/mol. The number of rotatable bonds is 7. The van der Waals surface area contributed by atoms with Gasteiger partial charge in [-0.2, -0.15) is 0 Å². The van der Waals surface area contributed by atoms with Crippen molar-refractivity contribution in [1.82, 2.24) is 9.47 Å². The number of ether oxygens (including phenoxy) is 1. The molecular weight excluding hydrogens is 278 g/mol. The van der Waals surface area contributed by atoms with Crippen molar-refractivity contribution in [1.29, 1.82) is 0 Å². The lowest BCUT2D eigenvalue weighted by Crippen LogP contribution is -2.37. The molecule has 0 unspecified atom stereocenters. The van der Waals surface area contributed by atoms with E-state index >= 15 is 0 Å². The largest absolute Gasteiger partial charge is 0.468 e. The molecule has 0 saturated heterocycles. The molecule has 0 radical (unpaired) electrons. The summed E-state index contributed by atoms with van der Waals surface area (Å²) in [6.45, 7) is 4.28. The van der Waals surface area contributed by atoms with E-state index in [9.17, 15) is 19.7 Å². The SMILES string of the molecule is CCCN(CC(=O)OC)C(=O)c1cc([N+](=O)[O-])cn1CC. The van der Waals surface area contributed by atoms with Crippen LogP contribution >= 0.6 is 0 Å². The average Bonchev–Trinajstić information content (AvgIpc) is 2.90. The van der Waals surface area contributed by atoms with Crippen LogP contribution in [0, 0.1) is 10.1 Å². The number of methoxy groups -OCH3 is 1. The number of carbonyl (C=O) groups is 2. The van der Waals surface area contributed by atoms with Crippen LogP contribution in [-0.4, -0.2) is 46.5 Å². The molecule has 1 rings (SSSR count). The van der Waals surface area contributed by atoms with Crippen molar-refractivity contribution in [3.8, 4) is 0 Å². The summed E-state index contributed by atoms with van der Waals surface area (Å²) in [6, 6.07) is 1.23. The van der Waals surface area contributed by atoms with E-state index in [2.05, 4.69) is 4.74 Å². The maximum atomic E-state index is 12.5. The van der Waals surface area contributed by atoms with Crippen molar-refractivity contribution in [2.75, 3.05) is 20.2 Å². The van der Waals surface area contributed by atoms with Gasteiger partial charge in [0.05, 0.1) is 18.2 Å². The maximum absolute atomic E-state index is 12.5. The second-order valence-corrected chi connectivity index (χ2v) is 4.43. The van der Waals surface area contributed by atoms with Gasteiger partial charge in [-0.15, -0.1) is 0 Å². The quantitative estimate of drug-likeness (QED) is 0.431. The molecule has 1 amide bonds. The van der Waals surface area contributed by atoms with Gasteiger partial charge in [0.1, 0.15) is 12.2 Å². The minimum atomic E-state index is -0.548. The fourth-order valence-electron chi connectivity index (χ4n) is 1.94. The van der Waals surface area contributed by atoms with Crippen molar-refractivity contribution >= 4 is 17.6 Å². The number of amides is 1. The van der Waals surface area contributed by atoms with Gasteiger partial charge in [0, 0.05) is 19.2 Å². The smallest absolute Gasteiger partial charge is 0.325 e. The fraction of sp³-hybridized carbons (Fsp3) is 0.538. The highest BCUT2D eigenvalue weighted by atomic mass is 16.6. The highest BCUT2D eigenvalue weighted by molar-refractivity contribution is 5.95. The van der Waals surface area contributed by atoms with Crippen LogP contribution in [0.5, 0.6) is 0 Å². The van der Waals surface area contributed by atoms with Crippen molar-refractivity contribution in [2.24, 2.45) is 0 Å². The van der Waals surface area contributed by atoms with Gasteiger partial charge in [-0.3, -0.25) is 19.7 Å². The first-order valence-electron chi connectivity index (χ1n) is 6.65. The highest BCUT2D eigenvalue weighted by Gasteiger charge is 2.24. The third-order valence-electron chi connectivity index (χ3n) is 2.98. The summed E-state index contributed by atoms with van der Waals surface area (Å²) in [7, 11) is 1.25. The Morgan fingerprint density at radius 1 is 1.43 bits per heavy atom. The molecule has 0 aliphatic rings. The minimum absolute atomic E-state index is 0.144. The van der Waals surface area contributed by atoms with E-state index in [1.165, 1.54) is 28.8 Å². The molecule has 0 aliphatic heterocycles. The van der Waals surface area contributed by atoms with Crippen molar-refractivity contribution in [3.05, 3.63) is 28.1 Å². The number of nitrogens with zero attached hydrogens (tertiary/aromatic N) is 3. The zero-order chi connectivity index (χ0) is 16.0. The Bertz CT molecular complexity index is 538. The van der Waals surface area contributed by atoms with Gasteiger partial charge in [0.25, 0.3) is 11.6 Å². The van der Waals surface area contributed by atoms with Crippen LogP contribution in [0.4, 0.5) is 5.69 Å². The van der Waals surface area contributed by atoms with Gasteiger partial charge < -0.3 is 14.2 Å². The first-order valence-corrected chi connectivity index (χ1v) is 6.65. The van der Waals surface area contributed by atoms with Crippen LogP contribution in [0.1, 0.15) is 30.8 Å². The second kappa shape index (κ2) is 7.41. The standard InChI is InChI=1S/C13H19N3O5/c1-4-6-15(9-12(17)21-3)13(18)11-7-10(16(19)20)8-14(11)5-2/h7-8H,4-6,9H2,1-3H3. The summed E-state index contributed by atoms with van der Waals surface area (Å²) < 4.78 is 6.07. The first-order chi connectivity index (χ1) is 9.94. The Morgan fingerprint density at radius 2 is 2.10 bits per heavy atom. The van der Waals surface area contributed by atoms with Crippen LogP contribution in [0.25, 0.3) is 0 Å². The van der Waals surface area contributed by atoms with Crippen LogP contribution in [0.3, 0.4) is 0 Å². The maximum Gasteiger partial charge on any atom is 0.325 e. The summed E-state index contributed by atoms with van der Waals surface area (Å²) >= 11 is 0. The number of hydrogen-bond donors (Lipinski definition) is 0. The van der Waals surface area contributed by atoms with E-state index in [0.29, 0.717) is 19.5 Å². The fourth-order valence-corrected chi connectivity index (χ4v) is 1.94. The highest BCUT2D eigenvalue weighted by Crippen LogP contribution is 2.18. The van der Waals surface area contributed by atoms with Gasteiger partial charge in [0.2, 0.25) is 0 Å². The third kappa shape index (κ3) is 4.04. The van der Waals surface area contributed by atoms with Crippen molar-refractivity contribution in [2.45, 2.75) is 26.8 Å². The van der Waals surface area contributed by atoms with Crippen LogP contribution in [-0.2, 0) is 16.1 Å². The number of hydrogen-bond acceptors (Lipinski definition) is 5. The number of aromatic nitrogens is 1. The van der Waals surface area contributed by atoms with Gasteiger partial charge in [-0.25, -0.2) is 0 Å². The zero-order valence-electron chi connectivity index (χ0n) is 12.4. The van der Waals surface area contributed by atoms with Crippen LogP contribution in [0.2, 0.25) is 0 Å². The van der Waals surface area contributed by atoms with Gasteiger partial charge in [-0.1, -0.05) is 6.92 Å². The lowest BCUT2D eigenvalue weighted by molar-refractivity contribution is -0.384. The molecular formula is C13H19N3O5. The Balaban J connectivity index is 3.07. The number of carbonyl (C=O) groups excluding carboxylic acids is 2. The topological polar surface area (TPSA) is 94.7 Å². The molecule has 21 heavy (non-hydrogen) atoms. The monoisotopic (exact) mass is 297 g/mol. The summed E-state index contributed by atoms with van der Waals surface area (Å²) in [5.74, 6) is -0.946. The number of esters is 1. The molecule has 0 saturated carbocycles. The molecule has 0 aliphatic carbocycles. The van der Waals surface area contributed by atoms with Crippen LogP contribution in [0.15, 0.2) is 12.3 Å². The van der Waals surface area contributed by atoms with E-state index in [1.54, 1.807) is 6.92 Å². The van der Waals surface area contributed by atoms with Crippen molar-refractivity contribution < 1.29 is 19.2 Å². The third-order valence-corrected chi connectivity index (χ3v) is 2.98. The summed E-state index contributed by atoms with van der Waals surface area (Å²) in [4.78, 5) is 35.4. The predicted molar refractivity (Wildman–Crippen MR) is 75.0 cm³/mol. The van der Waals surface area contributed by atoms with E-state index in [-0.39, 0.29) is 17.9 Å². The summed E-state index contributed by atoms with van der Waals surface area (Å²) in [5.41, 5.74) is 0.0521. The Labute approximate surface area is 122 Å². The van der Waals surface area contributed by atoms with E-state index in [0.717, 1.165) is 0 Å². The summed E-state index contributed by atoms with van der Waals surface area (Å²) in [6.07, 6.45) is 1.98.